The summed E-state index contributed by atoms with van der Waals surface area (Å²) >= 11 is 0. The van der Waals surface area contributed by atoms with Gasteiger partial charge in [0.25, 0.3) is 0 Å². The van der Waals surface area contributed by atoms with E-state index in [1.165, 1.54) is 12.8 Å². The molecule has 0 fully saturated rings. The fourth-order valence-corrected chi connectivity index (χ4v) is 1.69. The molecule has 88 valence electrons. The summed E-state index contributed by atoms with van der Waals surface area (Å²) in [6.07, 6.45) is 4.10. The van der Waals surface area contributed by atoms with Crippen molar-refractivity contribution in [2.24, 2.45) is 0 Å². The van der Waals surface area contributed by atoms with Crippen LogP contribution in [0.25, 0.3) is 0 Å². The van der Waals surface area contributed by atoms with E-state index in [-0.39, 0.29) is 5.78 Å². The molecule has 0 radical (unpaired) electrons. The van der Waals surface area contributed by atoms with Crippen molar-refractivity contribution in [1.82, 2.24) is 0 Å². The number of ketones is 1. The Morgan fingerprint density at radius 1 is 1.19 bits per heavy atom. The summed E-state index contributed by atoms with van der Waals surface area (Å²) in [5.74, 6) is -0.155. The normalized spacial score (nSPS) is 12.4. The van der Waals surface area contributed by atoms with Crippen LogP contribution in [-0.2, 0) is 0 Å². The number of unbranched alkanes of at least 4 members (excludes halogenated alkanes) is 3. The monoisotopic (exact) mass is 220 g/mol. The third kappa shape index (κ3) is 4.15. The number of rotatable bonds is 7. The molecule has 1 aromatic rings. The first kappa shape index (κ1) is 12.9. The lowest BCUT2D eigenvalue weighted by molar-refractivity contribution is 0.0725. The summed E-state index contributed by atoms with van der Waals surface area (Å²) in [5.41, 5.74) is 0.602. The molecule has 2 nitrogen and oxygen atoms in total. The number of hydrogen-bond donors (Lipinski definition) is 1. The quantitative estimate of drug-likeness (QED) is 0.566. The summed E-state index contributed by atoms with van der Waals surface area (Å²) in [5, 5.41) is 9.72. The molecule has 1 rings (SSSR count). The van der Waals surface area contributed by atoms with E-state index in [1.807, 2.05) is 18.2 Å². The van der Waals surface area contributed by atoms with Crippen molar-refractivity contribution in [3.63, 3.8) is 0 Å². The van der Waals surface area contributed by atoms with Crippen LogP contribution in [0.4, 0.5) is 0 Å². The first-order valence-electron chi connectivity index (χ1n) is 6.03. The molecule has 16 heavy (non-hydrogen) atoms. The van der Waals surface area contributed by atoms with Crippen LogP contribution >= 0.6 is 0 Å². The Balaban J connectivity index is 2.37. The number of benzene rings is 1. The van der Waals surface area contributed by atoms with E-state index >= 15 is 0 Å². The van der Waals surface area contributed by atoms with Crippen LogP contribution in [-0.4, -0.2) is 17.0 Å². The molecule has 1 atom stereocenters. The first-order chi connectivity index (χ1) is 7.75. The number of Topliss-reactive ketones (excluding diaryl/α,β-unsaturated/α-hetero) is 1. The minimum atomic E-state index is -0.834. The zero-order valence-corrected chi connectivity index (χ0v) is 9.86. The van der Waals surface area contributed by atoms with Crippen molar-refractivity contribution in [2.45, 2.75) is 45.1 Å². The molecular formula is C14H20O2. The summed E-state index contributed by atoms with van der Waals surface area (Å²) in [4.78, 5) is 11.8. The summed E-state index contributed by atoms with van der Waals surface area (Å²) in [7, 11) is 0. The molecule has 0 spiro atoms. The molecule has 1 N–H and O–H groups in total. The number of aliphatic hydroxyl groups is 1. The lowest BCUT2D eigenvalue weighted by Gasteiger charge is -2.09. The molecular weight excluding hydrogens is 200 g/mol. The van der Waals surface area contributed by atoms with Gasteiger partial charge in [-0.3, -0.25) is 4.79 Å². The van der Waals surface area contributed by atoms with E-state index in [1.54, 1.807) is 12.1 Å². The van der Waals surface area contributed by atoms with Gasteiger partial charge in [0.1, 0.15) is 6.10 Å². The van der Waals surface area contributed by atoms with E-state index in [9.17, 15) is 9.90 Å². The maximum atomic E-state index is 11.8. The highest BCUT2D eigenvalue weighted by Gasteiger charge is 2.15. The van der Waals surface area contributed by atoms with Crippen molar-refractivity contribution in [3.8, 4) is 0 Å². The fraction of sp³-hybridized carbons (Fsp3) is 0.500. The lowest BCUT2D eigenvalue weighted by Crippen LogP contribution is -2.20. The predicted molar refractivity (Wildman–Crippen MR) is 65.5 cm³/mol. The van der Waals surface area contributed by atoms with Gasteiger partial charge in [-0.2, -0.15) is 0 Å². The van der Waals surface area contributed by atoms with Gasteiger partial charge in [0, 0.05) is 5.56 Å². The van der Waals surface area contributed by atoms with E-state index in [0.717, 1.165) is 12.8 Å². The topological polar surface area (TPSA) is 37.3 Å². The smallest absolute Gasteiger partial charge is 0.191 e. The van der Waals surface area contributed by atoms with Crippen LogP contribution < -0.4 is 0 Å². The van der Waals surface area contributed by atoms with Crippen molar-refractivity contribution < 1.29 is 9.90 Å². The van der Waals surface area contributed by atoms with Crippen LogP contribution in [0, 0.1) is 0 Å². The molecule has 2 heteroatoms. The highest BCUT2D eigenvalue weighted by atomic mass is 16.3. The Morgan fingerprint density at radius 3 is 2.50 bits per heavy atom. The second-order valence-electron chi connectivity index (χ2n) is 4.10. The van der Waals surface area contributed by atoms with Crippen LogP contribution in [0.3, 0.4) is 0 Å². The Labute approximate surface area is 97.3 Å². The van der Waals surface area contributed by atoms with Gasteiger partial charge in [-0.25, -0.2) is 0 Å². The van der Waals surface area contributed by atoms with E-state index in [2.05, 4.69) is 6.92 Å². The highest BCUT2D eigenvalue weighted by molar-refractivity contribution is 5.99. The Hall–Kier alpha value is -1.15. The molecule has 1 aromatic carbocycles. The van der Waals surface area contributed by atoms with Crippen LogP contribution in [0.2, 0.25) is 0 Å². The fourth-order valence-electron chi connectivity index (χ4n) is 1.69. The summed E-state index contributed by atoms with van der Waals surface area (Å²) in [6.45, 7) is 2.14. The van der Waals surface area contributed by atoms with Gasteiger partial charge in [0.05, 0.1) is 0 Å². The highest BCUT2D eigenvalue weighted by Crippen LogP contribution is 2.10. The molecule has 0 saturated carbocycles. The van der Waals surface area contributed by atoms with E-state index in [0.29, 0.717) is 12.0 Å². The lowest BCUT2D eigenvalue weighted by atomic mass is 10.0. The molecule has 0 heterocycles. The van der Waals surface area contributed by atoms with Crippen molar-refractivity contribution in [3.05, 3.63) is 35.9 Å². The standard InChI is InChI=1S/C14H20O2/c1-2-3-4-8-11-13(15)14(16)12-9-6-5-7-10-12/h5-7,9-10,13,15H,2-4,8,11H2,1H3/t13-/m0/s1. The number of aliphatic hydroxyl groups excluding tert-OH is 1. The van der Waals surface area contributed by atoms with Crippen LogP contribution in [0.5, 0.6) is 0 Å². The molecule has 0 unspecified atom stereocenters. The largest absolute Gasteiger partial charge is 0.385 e. The van der Waals surface area contributed by atoms with Crippen molar-refractivity contribution in [2.75, 3.05) is 0 Å². The first-order valence-corrected chi connectivity index (χ1v) is 6.03. The predicted octanol–water partition coefficient (Wildman–Crippen LogP) is 3.20. The molecule has 0 aromatic heterocycles. The van der Waals surface area contributed by atoms with Gasteiger partial charge < -0.3 is 5.11 Å². The minimum absolute atomic E-state index is 0.155. The second kappa shape index (κ2) is 7.18. The van der Waals surface area contributed by atoms with Gasteiger partial charge >= 0.3 is 0 Å². The summed E-state index contributed by atoms with van der Waals surface area (Å²) in [6, 6.07) is 8.99. The average molecular weight is 220 g/mol. The Kier molecular flexibility index (Phi) is 5.79. The van der Waals surface area contributed by atoms with Crippen LogP contribution in [0.1, 0.15) is 49.4 Å². The second-order valence-corrected chi connectivity index (χ2v) is 4.10. The van der Waals surface area contributed by atoms with E-state index in [4.69, 9.17) is 0 Å². The van der Waals surface area contributed by atoms with Gasteiger partial charge in [-0.1, -0.05) is 62.9 Å². The number of hydrogen-bond acceptors (Lipinski definition) is 2. The molecule has 0 bridgehead atoms. The number of carbonyl (C=O) groups is 1. The van der Waals surface area contributed by atoms with Crippen molar-refractivity contribution >= 4 is 5.78 Å². The molecule has 0 aliphatic heterocycles. The number of carbonyl (C=O) groups excluding carboxylic acids is 1. The molecule has 0 amide bonds. The maximum Gasteiger partial charge on any atom is 0.191 e. The van der Waals surface area contributed by atoms with Crippen LogP contribution in [0.15, 0.2) is 30.3 Å². The maximum absolute atomic E-state index is 11.8. The molecule has 0 aliphatic rings. The van der Waals surface area contributed by atoms with Gasteiger partial charge in [0.2, 0.25) is 0 Å². The third-order valence-electron chi connectivity index (χ3n) is 2.69. The molecule has 0 aliphatic carbocycles. The Morgan fingerprint density at radius 2 is 1.88 bits per heavy atom. The van der Waals surface area contributed by atoms with Gasteiger partial charge in [0.15, 0.2) is 5.78 Å². The Bertz CT molecular complexity index is 306. The van der Waals surface area contributed by atoms with Gasteiger partial charge in [-0.15, -0.1) is 0 Å². The minimum Gasteiger partial charge on any atom is -0.385 e. The molecule has 0 saturated heterocycles. The SMILES string of the molecule is CCCCCC[C@H](O)C(=O)c1ccccc1. The van der Waals surface area contributed by atoms with E-state index < -0.39 is 6.10 Å². The summed E-state index contributed by atoms with van der Waals surface area (Å²) < 4.78 is 0. The zero-order chi connectivity index (χ0) is 11.8. The van der Waals surface area contributed by atoms with Crippen molar-refractivity contribution in [1.29, 1.82) is 0 Å². The third-order valence-corrected chi connectivity index (χ3v) is 2.69. The van der Waals surface area contributed by atoms with Gasteiger partial charge in [-0.05, 0) is 6.42 Å². The zero-order valence-electron chi connectivity index (χ0n) is 9.86. The average Bonchev–Trinajstić information content (AvgIpc) is 2.34.